The van der Waals surface area contributed by atoms with Gasteiger partial charge in [0.2, 0.25) is 5.69 Å². The van der Waals surface area contributed by atoms with Crippen molar-refractivity contribution < 1.29 is 4.57 Å². The summed E-state index contributed by atoms with van der Waals surface area (Å²) in [6.07, 6.45) is 7.38. The highest BCUT2D eigenvalue weighted by Crippen LogP contribution is 2.67. The number of aryl methyl sites for hydroxylation is 2. The van der Waals surface area contributed by atoms with E-state index in [1.165, 1.54) is 53.6 Å². The fourth-order valence-electron chi connectivity index (χ4n) is 6.35. The van der Waals surface area contributed by atoms with Crippen molar-refractivity contribution in [2.45, 2.75) is 43.4 Å². The Kier molecular flexibility index (Phi) is 3.56. The maximum atomic E-state index is 2.54. The molecule has 0 radical (unpaired) electrons. The van der Waals surface area contributed by atoms with Gasteiger partial charge in [0.25, 0.3) is 0 Å². The zero-order chi connectivity index (χ0) is 21.5. The van der Waals surface area contributed by atoms with Crippen molar-refractivity contribution >= 4 is 0 Å². The Morgan fingerprint density at radius 2 is 1.22 bits per heavy atom. The van der Waals surface area contributed by atoms with Crippen LogP contribution in [0.4, 0.5) is 0 Å². The van der Waals surface area contributed by atoms with Gasteiger partial charge in [-0.1, -0.05) is 54.6 Å². The van der Waals surface area contributed by atoms with Gasteiger partial charge in [0.15, 0.2) is 6.20 Å². The third-order valence-electron chi connectivity index (χ3n) is 8.41. The fourth-order valence-corrected chi connectivity index (χ4v) is 6.35. The molecule has 4 aromatic rings. The van der Waals surface area contributed by atoms with Crippen LogP contribution in [0.25, 0.3) is 22.4 Å². The van der Waals surface area contributed by atoms with Gasteiger partial charge < -0.3 is 0 Å². The summed E-state index contributed by atoms with van der Waals surface area (Å²) in [6.45, 7) is 2.20. The zero-order valence-electron chi connectivity index (χ0n) is 18.9. The summed E-state index contributed by atoms with van der Waals surface area (Å²) < 4.78 is 2.24. The summed E-state index contributed by atoms with van der Waals surface area (Å²) in [7, 11) is 2.14. The van der Waals surface area contributed by atoms with Gasteiger partial charge in [-0.15, -0.1) is 0 Å². The molecule has 0 saturated heterocycles. The topological polar surface area (TPSA) is 3.88 Å². The number of pyridine rings is 1. The maximum absolute atomic E-state index is 2.54. The second kappa shape index (κ2) is 6.19. The number of hydrogen-bond donors (Lipinski definition) is 0. The monoisotopic (exact) mass is 414 g/mol. The first-order valence-corrected chi connectivity index (χ1v) is 11.9. The van der Waals surface area contributed by atoms with Crippen LogP contribution in [-0.2, 0) is 17.9 Å². The van der Waals surface area contributed by atoms with Crippen LogP contribution < -0.4 is 4.57 Å². The Balaban J connectivity index is 1.40. The smallest absolute Gasteiger partial charge is 0.201 e. The van der Waals surface area contributed by atoms with Gasteiger partial charge in [-0.3, -0.25) is 0 Å². The first kappa shape index (κ1) is 18.4. The lowest BCUT2D eigenvalue weighted by Crippen LogP contribution is -2.30. The van der Waals surface area contributed by atoms with Crippen molar-refractivity contribution in [3.05, 3.63) is 113 Å². The molecule has 0 unspecified atom stereocenters. The molecule has 2 saturated carbocycles. The minimum Gasteiger partial charge on any atom is -0.201 e. The molecule has 1 heterocycles. The molecule has 2 spiro atoms. The Labute approximate surface area is 190 Å². The molecule has 3 aliphatic carbocycles. The Bertz CT molecular complexity index is 1400. The van der Waals surface area contributed by atoms with Gasteiger partial charge in [-0.05, 0) is 83.7 Å². The Morgan fingerprint density at radius 3 is 1.91 bits per heavy atom. The lowest BCUT2D eigenvalue weighted by atomic mass is 9.68. The van der Waals surface area contributed by atoms with Crippen LogP contribution in [-0.4, -0.2) is 0 Å². The number of fused-ring (bicyclic) bond motifs is 6. The van der Waals surface area contributed by atoms with Crippen LogP contribution in [0.5, 0.6) is 0 Å². The minimum atomic E-state index is 0.258. The maximum Gasteiger partial charge on any atom is 0.213 e. The van der Waals surface area contributed by atoms with E-state index < -0.39 is 0 Å². The molecule has 3 aliphatic rings. The van der Waals surface area contributed by atoms with Gasteiger partial charge in [-0.2, -0.15) is 0 Å². The molecule has 1 nitrogen and oxygen atoms in total. The summed E-state index contributed by atoms with van der Waals surface area (Å²) in [4.78, 5) is 0. The molecular formula is C31H28N+. The van der Waals surface area contributed by atoms with Gasteiger partial charge >= 0.3 is 0 Å². The summed E-state index contributed by atoms with van der Waals surface area (Å²) >= 11 is 0. The third kappa shape index (κ3) is 2.37. The standard InChI is InChI=1S/C31H28N/c1-21-7-3-4-8-24(21)29-20-23(13-18-32(29)2)22-11-12-27-28(19-22)31(16-17-31)26-10-6-5-9-25(26)30(27)14-15-30/h3-13,18-20H,14-17H2,1-2H3/q+1. The third-order valence-corrected chi connectivity index (χ3v) is 8.41. The van der Waals surface area contributed by atoms with E-state index in [9.17, 15) is 0 Å². The van der Waals surface area contributed by atoms with Crippen molar-refractivity contribution in [2.75, 3.05) is 0 Å². The van der Waals surface area contributed by atoms with E-state index >= 15 is 0 Å². The molecule has 1 heteroatoms. The van der Waals surface area contributed by atoms with Crippen LogP contribution in [0.3, 0.4) is 0 Å². The lowest BCUT2D eigenvalue weighted by molar-refractivity contribution is -0.660. The number of nitrogens with zero attached hydrogens (tertiary/aromatic N) is 1. The first-order chi connectivity index (χ1) is 15.6. The van der Waals surface area contributed by atoms with E-state index in [2.05, 4.69) is 104 Å². The molecule has 0 aliphatic heterocycles. The fraction of sp³-hybridized carbons (Fsp3) is 0.258. The zero-order valence-corrected chi connectivity index (χ0v) is 18.9. The number of hydrogen-bond acceptors (Lipinski definition) is 0. The Hall–Kier alpha value is -3.19. The molecule has 7 rings (SSSR count). The second-order valence-electron chi connectivity index (χ2n) is 10.2. The normalized spacial score (nSPS) is 18.3. The van der Waals surface area contributed by atoms with Crippen LogP contribution >= 0.6 is 0 Å². The van der Waals surface area contributed by atoms with E-state index in [0.717, 1.165) is 0 Å². The molecule has 32 heavy (non-hydrogen) atoms. The predicted octanol–water partition coefficient (Wildman–Crippen LogP) is 6.63. The second-order valence-corrected chi connectivity index (χ2v) is 10.2. The van der Waals surface area contributed by atoms with Crippen molar-refractivity contribution in [3.8, 4) is 22.4 Å². The van der Waals surface area contributed by atoms with Crippen LogP contribution in [0.15, 0.2) is 85.1 Å². The quantitative estimate of drug-likeness (QED) is 0.324. The molecule has 0 amide bonds. The van der Waals surface area contributed by atoms with Crippen LogP contribution in [0.1, 0.15) is 53.5 Å². The molecule has 1 aromatic heterocycles. The summed E-state index contributed by atoms with van der Waals surface area (Å²) in [5.74, 6) is 0. The largest absolute Gasteiger partial charge is 0.213 e. The number of rotatable bonds is 2. The van der Waals surface area contributed by atoms with Gasteiger partial charge in [0.1, 0.15) is 7.05 Å². The molecular weight excluding hydrogens is 386 g/mol. The van der Waals surface area contributed by atoms with Crippen molar-refractivity contribution in [3.63, 3.8) is 0 Å². The Morgan fingerprint density at radius 1 is 0.625 bits per heavy atom. The van der Waals surface area contributed by atoms with Gasteiger partial charge in [0, 0.05) is 28.5 Å². The molecule has 2 fully saturated rings. The lowest BCUT2D eigenvalue weighted by Gasteiger charge is -2.35. The highest BCUT2D eigenvalue weighted by Gasteiger charge is 2.59. The van der Waals surface area contributed by atoms with E-state index in [1.807, 2.05) is 0 Å². The number of benzene rings is 3. The van der Waals surface area contributed by atoms with E-state index in [-0.39, 0.29) is 10.8 Å². The molecule has 0 N–H and O–H groups in total. The first-order valence-electron chi connectivity index (χ1n) is 11.9. The SMILES string of the molecule is Cc1ccccc1-c1cc(-c2ccc3c(c2)C2(CC2)c2ccccc2C32CC2)cc[n+]1C. The van der Waals surface area contributed by atoms with Crippen LogP contribution in [0, 0.1) is 6.92 Å². The average molecular weight is 415 g/mol. The van der Waals surface area contributed by atoms with Gasteiger partial charge in [-0.25, -0.2) is 4.57 Å². The molecule has 0 bridgehead atoms. The van der Waals surface area contributed by atoms with E-state index in [0.29, 0.717) is 0 Å². The van der Waals surface area contributed by atoms with Crippen molar-refractivity contribution in [1.82, 2.24) is 0 Å². The molecule has 0 atom stereocenters. The van der Waals surface area contributed by atoms with E-state index in [1.54, 1.807) is 22.3 Å². The van der Waals surface area contributed by atoms with Crippen molar-refractivity contribution in [2.24, 2.45) is 7.05 Å². The molecule has 156 valence electrons. The van der Waals surface area contributed by atoms with E-state index in [4.69, 9.17) is 0 Å². The molecule has 3 aromatic carbocycles. The number of aromatic nitrogens is 1. The summed E-state index contributed by atoms with van der Waals surface area (Å²) in [5.41, 5.74) is 13.5. The highest BCUT2D eigenvalue weighted by molar-refractivity contribution is 5.74. The summed E-state index contributed by atoms with van der Waals surface area (Å²) in [6, 6.07) is 30.0. The highest BCUT2D eigenvalue weighted by atomic mass is 14.9. The summed E-state index contributed by atoms with van der Waals surface area (Å²) in [5, 5.41) is 0. The van der Waals surface area contributed by atoms with Crippen LogP contribution in [0.2, 0.25) is 0 Å². The van der Waals surface area contributed by atoms with Gasteiger partial charge in [0.05, 0.1) is 0 Å². The predicted molar refractivity (Wildman–Crippen MR) is 130 cm³/mol. The minimum absolute atomic E-state index is 0.258. The van der Waals surface area contributed by atoms with Crippen molar-refractivity contribution in [1.29, 1.82) is 0 Å². The average Bonchev–Trinajstić information content (AvgIpc) is 3.74.